The molecule has 2 nitrogen and oxygen atoms in total. The average Bonchev–Trinajstić information content (AvgIpc) is 2.53. The molecule has 1 aromatic heterocycles. The molecule has 13 heavy (non-hydrogen) atoms. The largest absolute Gasteiger partial charge is 0.329 e. The van der Waals surface area contributed by atoms with Crippen LogP contribution >= 0.6 is 27.3 Å². The van der Waals surface area contributed by atoms with Gasteiger partial charge < -0.3 is 5.73 Å². The summed E-state index contributed by atoms with van der Waals surface area (Å²) in [5.74, 6) is 0. The Morgan fingerprint density at radius 3 is 2.77 bits per heavy atom. The third-order valence-corrected chi connectivity index (χ3v) is 4.17. The Kier molecular flexibility index (Phi) is 4.38. The first-order chi connectivity index (χ1) is 6.20. The van der Waals surface area contributed by atoms with Gasteiger partial charge in [-0.1, -0.05) is 6.92 Å². The molecule has 0 aliphatic heterocycles. The standard InChI is InChI=1S/C9H15BrN2S/c1-3-12(2)8(6-11)9-7(10)4-5-13-9/h4-5,8H,3,6,11H2,1-2H3. The van der Waals surface area contributed by atoms with Crippen LogP contribution in [0.3, 0.4) is 0 Å². The fourth-order valence-electron chi connectivity index (χ4n) is 1.25. The van der Waals surface area contributed by atoms with Crippen LogP contribution in [-0.4, -0.2) is 25.0 Å². The van der Waals surface area contributed by atoms with Crippen molar-refractivity contribution in [2.75, 3.05) is 20.1 Å². The highest BCUT2D eigenvalue weighted by Gasteiger charge is 2.17. The number of nitrogens with two attached hydrogens (primary N) is 1. The van der Waals surface area contributed by atoms with Gasteiger partial charge in [-0.2, -0.15) is 0 Å². The van der Waals surface area contributed by atoms with Gasteiger partial charge >= 0.3 is 0 Å². The van der Waals surface area contributed by atoms with Crippen LogP contribution in [0.25, 0.3) is 0 Å². The summed E-state index contributed by atoms with van der Waals surface area (Å²) in [4.78, 5) is 3.59. The van der Waals surface area contributed by atoms with E-state index in [0.717, 1.165) is 6.54 Å². The maximum Gasteiger partial charge on any atom is 0.0573 e. The Bertz CT molecular complexity index is 262. The smallest absolute Gasteiger partial charge is 0.0573 e. The highest BCUT2D eigenvalue weighted by molar-refractivity contribution is 9.10. The van der Waals surface area contributed by atoms with Crippen molar-refractivity contribution in [3.8, 4) is 0 Å². The van der Waals surface area contributed by atoms with Gasteiger partial charge in [-0.3, -0.25) is 4.90 Å². The van der Waals surface area contributed by atoms with E-state index in [0.29, 0.717) is 12.6 Å². The Morgan fingerprint density at radius 2 is 2.38 bits per heavy atom. The number of nitrogens with zero attached hydrogens (tertiary/aromatic N) is 1. The Labute approximate surface area is 91.9 Å². The lowest BCUT2D eigenvalue weighted by Gasteiger charge is -2.24. The van der Waals surface area contributed by atoms with Crippen LogP contribution in [0.2, 0.25) is 0 Å². The van der Waals surface area contributed by atoms with Gasteiger partial charge in [-0.05, 0) is 41.0 Å². The van der Waals surface area contributed by atoms with E-state index in [-0.39, 0.29) is 0 Å². The third-order valence-electron chi connectivity index (χ3n) is 2.20. The van der Waals surface area contributed by atoms with Crippen LogP contribution in [0, 0.1) is 0 Å². The Morgan fingerprint density at radius 1 is 1.69 bits per heavy atom. The van der Waals surface area contributed by atoms with E-state index in [2.05, 4.69) is 46.2 Å². The molecule has 0 aliphatic rings. The molecule has 0 radical (unpaired) electrons. The zero-order valence-corrected chi connectivity index (χ0v) is 10.4. The van der Waals surface area contributed by atoms with Crippen molar-refractivity contribution >= 4 is 27.3 Å². The van der Waals surface area contributed by atoms with Gasteiger partial charge in [0, 0.05) is 15.9 Å². The molecule has 2 N–H and O–H groups in total. The van der Waals surface area contributed by atoms with Gasteiger partial charge in [0.2, 0.25) is 0 Å². The van der Waals surface area contributed by atoms with Gasteiger partial charge in [0.1, 0.15) is 0 Å². The molecule has 0 saturated heterocycles. The molecule has 0 saturated carbocycles. The molecule has 0 aliphatic carbocycles. The lowest BCUT2D eigenvalue weighted by Crippen LogP contribution is -2.29. The van der Waals surface area contributed by atoms with Crippen molar-refractivity contribution in [2.24, 2.45) is 5.73 Å². The summed E-state index contributed by atoms with van der Waals surface area (Å²) in [7, 11) is 2.10. The van der Waals surface area contributed by atoms with Crippen molar-refractivity contribution in [1.82, 2.24) is 4.90 Å². The van der Waals surface area contributed by atoms with Crippen molar-refractivity contribution in [1.29, 1.82) is 0 Å². The number of thiophene rings is 1. The molecule has 74 valence electrons. The van der Waals surface area contributed by atoms with Crippen LogP contribution in [0.5, 0.6) is 0 Å². The summed E-state index contributed by atoms with van der Waals surface area (Å²) in [5, 5.41) is 2.09. The van der Waals surface area contributed by atoms with Crippen LogP contribution < -0.4 is 5.73 Å². The van der Waals surface area contributed by atoms with E-state index in [9.17, 15) is 0 Å². The molecule has 0 fully saturated rings. The monoisotopic (exact) mass is 262 g/mol. The predicted octanol–water partition coefficient (Wildman–Crippen LogP) is 2.46. The molecule has 4 heteroatoms. The van der Waals surface area contributed by atoms with Gasteiger partial charge in [-0.15, -0.1) is 11.3 Å². The summed E-state index contributed by atoms with van der Waals surface area (Å²) in [6.45, 7) is 3.83. The van der Waals surface area contributed by atoms with Crippen molar-refractivity contribution < 1.29 is 0 Å². The molecule has 0 bridgehead atoms. The molecule has 0 aromatic carbocycles. The third kappa shape index (κ3) is 2.53. The summed E-state index contributed by atoms with van der Waals surface area (Å²) < 4.78 is 1.17. The topological polar surface area (TPSA) is 29.3 Å². The summed E-state index contributed by atoms with van der Waals surface area (Å²) in [5.41, 5.74) is 5.75. The normalized spacial score (nSPS) is 13.6. The first-order valence-electron chi connectivity index (χ1n) is 4.33. The fourth-order valence-corrected chi connectivity index (χ4v) is 3.07. The molecular formula is C9H15BrN2S. The second-order valence-electron chi connectivity index (χ2n) is 2.96. The van der Waals surface area contributed by atoms with Crippen molar-refractivity contribution in [3.63, 3.8) is 0 Å². The zero-order chi connectivity index (χ0) is 9.84. The molecule has 0 amide bonds. The van der Waals surface area contributed by atoms with E-state index in [4.69, 9.17) is 5.73 Å². The fraction of sp³-hybridized carbons (Fsp3) is 0.556. The molecule has 0 spiro atoms. The minimum Gasteiger partial charge on any atom is -0.329 e. The molecule has 1 aromatic rings. The van der Waals surface area contributed by atoms with Crippen molar-refractivity contribution in [3.05, 3.63) is 20.8 Å². The van der Waals surface area contributed by atoms with E-state index in [1.807, 2.05) is 0 Å². The Hall–Kier alpha value is 0.100. The lowest BCUT2D eigenvalue weighted by atomic mass is 10.2. The Balaban J connectivity index is 2.84. The maximum absolute atomic E-state index is 5.75. The molecule has 1 atom stereocenters. The first-order valence-corrected chi connectivity index (χ1v) is 6.01. The van der Waals surface area contributed by atoms with Gasteiger partial charge in [0.25, 0.3) is 0 Å². The van der Waals surface area contributed by atoms with Crippen molar-refractivity contribution in [2.45, 2.75) is 13.0 Å². The lowest BCUT2D eigenvalue weighted by molar-refractivity contribution is 0.266. The van der Waals surface area contributed by atoms with Gasteiger partial charge in [-0.25, -0.2) is 0 Å². The second kappa shape index (κ2) is 5.10. The van der Waals surface area contributed by atoms with E-state index < -0.39 is 0 Å². The quantitative estimate of drug-likeness (QED) is 0.904. The van der Waals surface area contributed by atoms with E-state index in [1.54, 1.807) is 11.3 Å². The minimum absolute atomic E-state index is 0.347. The van der Waals surface area contributed by atoms with E-state index in [1.165, 1.54) is 9.35 Å². The van der Waals surface area contributed by atoms with Gasteiger partial charge in [0.05, 0.1) is 6.04 Å². The predicted molar refractivity (Wildman–Crippen MR) is 62.1 cm³/mol. The molecule has 1 heterocycles. The summed E-state index contributed by atoms with van der Waals surface area (Å²) in [6.07, 6.45) is 0. The maximum atomic E-state index is 5.75. The summed E-state index contributed by atoms with van der Waals surface area (Å²) >= 11 is 5.29. The molecular weight excluding hydrogens is 248 g/mol. The highest BCUT2D eigenvalue weighted by atomic mass is 79.9. The average molecular weight is 263 g/mol. The first kappa shape index (κ1) is 11.2. The highest BCUT2D eigenvalue weighted by Crippen LogP contribution is 2.31. The summed E-state index contributed by atoms with van der Waals surface area (Å²) in [6, 6.07) is 2.42. The number of rotatable bonds is 4. The van der Waals surface area contributed by atoms with Crippen LogP contribution in [0.4, 0.5) is 0 Å². The molecule has 1 unspecified atom stereocenters. The van der Waals surface area contributed by atoms with Crippen LogP contribution in [0.1, 0.15) is 17.8 Å². The number of hydrogen-bond donors (Lipinski definition) is 1. The van der Waals surface area contributed by atoms with E-state index >= 15 is 0 Å². The van der Waals surface area contributed by atoms with Crippen LogP contribution in [-0.2, 0) is 0 Å². The number of hydrogen-bond acceptors (Lipinski definition) is 3. The minimum atomic E-state index is 0.347. The number of halogens is 1. The second-order valence-corrected chi connectivity index (χ2v) is 4.76. The van der Waals surface area contributed by atoms with Crippen LogP contribution in [0.15, 0.2) is 15.9 Å². The number of likely N-dealkylation sites (N-methyl/N-ethyl adjacent to an activating group) is 1. The SMILES string of the molecule is CCN(C)C(CN)c1sccc1Br. The molecule has 1 rings (SSSR count). The zero-order valence-electron chi connectivity index (χ0n) is 7.96. The van der Waals surface area contributed by atoms with Gasteiger partial charge in [0.15, 0.2) is 0 Å².